The van der Waals surface area contributed by atoms with Gasteiger partial charge in [0.2, 0.25) is 0 Å². The van der Waals surface area contributed by atoms with Gasteiger partial charge in [-0.3, -0.25) is 14.5 Å². The third-order valence-electron chi connectivity index (χ3n) is 4.46. The average molecular weight is 354 g/mol. The SMILES string of the molecule is CON(C)C(=O)[C@H](CC(C)C)N(Cc1ccccc1)Cc1ccccc1. The molecule has 26 heavy (non-hydrogen) atoms. The van der Waals surface area contributed by atoms with Crippen molar-refractivity contribution in [3.8, 4) is 0 Å². The minimum Gasteiger partial charge on any atom is -0.283 e. The van der Waals surface area contributed by atoms with E-state index >= 15 is 0 Å². The Kier molecular flexibility index (Phi) is 7.82. The highest BCUT2D eigenvalue weighted by Crippen LogP contribution is 2.20. The van der Waals surface area contributed by atoms with Crippen molar-refractivity contribution >= 4 is 5.91 Å². The summed E-state index contributed by atoms with van der Waals surface area (Å²) in [4.78, 5) is 20.4. The maximum Gasteiger partial charge on any atom is 0.263 e. The van der Waals surface area contributed by atoms with Crippen LogP contribution in [0.1, 0.15) is 31.4 Å². The molecular weight excluding hydrogens is 324 g/mol. The fraction of sp³-hybridized carbons (Fsp3) is 0.409. The van der Waals surface area contributed by atoms with E-state index in [1.54, 1.807) is 7.05 Å². The smallest absolute Gasteiger partial charge is 0.263 e. The van der Waals surface area contributed by atoms with Gasteiger partial charge in [-0.2, -0.15) is 0 Å². The molecule has 0 fully saturated rings. The fourth-order valence-electron chi connectivity index (χ4n) is 3.06. The first-order valence-electron chi connectivity index (χ1n) is 9.14. The van der Waals surface area contributed by atoms with Crippen LogP contribution >= 0.6 is 0 Å². The molecule has 2 aromatic rings. The summed E-state index contributed by atoms with van der Waals surface area (Å²) in [6, 6.07) is 20.4. The number of nitrogens with zero attached hydrogens (tertiary/aromatic N) is 2. The van der Waals surface area contributed by atoms with Gasteiger partial charge in [-0.15, -0.1) is 0 Å². The number of amides is 1. The molecule has 0 saturated heterocycles. The summed E-state index contributed by atoms with van der Waals surface area (Å²) < 4.78 is 0. The van der Waals surface area contributed by atoms with Gasteiger partial charge in [-0.25, -0.2) is 5.06 Å². The van der Waals surface area contributed by atoms with Crippen LogP contribution in [0.25, 0.3) is 0 Å². The van der Waals surface area contributed by atoms with E-state index < -0.39 is 0 Å². The molecule has 0 saturated carbocycles. The lowest BCUT2D eigenvalue weighted by Gasteiger charge is -2.34. The van der Waals surface area contributed by atoms with E-state index in [4.69, 9.17) is 4.84 Å². The zero-order valence-electron chi connectivity index (χ0n) is 16.3. The highest BCUT2D eigenvalue weighted by atomic mass is 16.7. The third kappa shape index (κ3) is 5.97. The Morgan fingerprint density at radius 2 is 1.38 bits per heavy atom. The van der Waals surface area contributed by atoms with Crippen molar-refractivity contribution in [3.05, 3.63) is 71.8 Å². The number of benzene rings is 2. The van der Waals surface area contributed by atoms with Gasteiger partial charge in [0.25, 0.3) is 5.91 Å². The number of carbonyl (C=O) groups is 1. The van der Waals surface area contributed by atoms with Gasteiger partial charge >= 0.3 is 0 Å². The Hall–Kier alpha value is -2.17. The molecule has 1 amide bonds. The van der Waals surface area contributed by atoms with Crippen LogP contribution in [0.4, 0.5) is 0 Å². The van der Waals surface area contributed by atoms with Gasteiger partial charge in [-0.05, 0) is 23.5 Å². The molecule has 0 aliphatic rings. The van der Waals surface area contributed by atoms with Crippen molar-refractivity contribution in [3.63, 3.8) is 0 Å². The highest BCUT2D eigenvalue weighted by Gasteiger charge is 2.29. The Balaban J connectivity index is 2.31. The Bertz CT molecular complexity index is 617. The lowest BCUT2D eigenvalue weighted by atomic mass is 10.00. The maximum atomic E-state index is 13.0. The second-order valence-corrected chi connectivity index (χ2v) is 7.04. The van der Waals surface area contributed by atoms with E-state index in [2.05, 4.69) is 43.0 Å². The summed E-state index contributed by atoms with van der Waals surface area (Å²) in [6.07, 6.45) is 0.784. The van der Waals surface area contributed by atoms with Gasteiger partial charge in [0.1, 0.15) is 0 Å². The van der Waals surface area contributed by atoms with Crippen molar-refractivity contribution < 1.29 is 9.63 Å². The van der Waals surface area contributed by atoms with E-state index in [1.165, 1.54) is 23.3 Å². The number of carbonyl (C=O) groups excluding carboxylic acids is 1. The summed E-state index contributed by atoms with van der Waals surface area (Å²) in [5.74, 6) is 0.399. The van der Waals surface area contributed by atoms with Crippen molar-refractivity contribution in [2.75, 3.05) is 14.2 Å². The Labute approximate surface area is 157 Å². The van der Waals surface area contributed by atoms with Crippen LogP contribution in [0.3, 0.4) is 0 Å². The van der Waals surface area contributed by atoms with E-state index in [0.29, 0.717) is 5.92 Å². The number of rotatable bonds is 9. The predicted molar refractivity (Wildman–Crippen MR) is 105 cm³/mol. The molecule has 0 spiro atoms. The minimum atomic E-state index is -0.236. The van der Waals surface area contributed by atoms with Crippen LogP contribution in [0, 0.1) is 5.92 Å². The summed E-state index contributed by atoms with van der Waals surface area (Å²) in [5, 5.41) is 1.34. The Morgan fingerprint density at radius 1 is 0.923 bits per heavy atom. The molecule has 0 N–H and O–H groups in total. The lowest BCUT2D eigenvalue weighted by molar-refractivity contribution is -0.175. The first-order valence-corrected chi connectivity index (χ1v) is 9.14. The molecule has 0 aliphatic carbocycles. The van der Waals surface area contributed by atoms with Crippen LogP contribution in [0.15, 0.2) is 60.7 Å². The second kappa shape index (κ2) is 10.1. The van der Waals surface area contributed by atoms with Gasteiger partial charge in [0.15, 0.2) is 0 Å². The Morgan fingerprint density at radius 3 is 1.77 bits per heavy atom. The van der Waals surface area contributed by atoms with Crippen LogP contribution in [-0.4, -0.2) is 36.1 Å². The van der Waals surface area contributed by atoms with Crippen molar-refractivity contribution in [1.82, 2.24) is 9.96 Å². The van der Waals surface area contributed by atoms with E-state index in [1.807, 2.05) is 36.4 Å². The first kappa shape index (κ1) is 20.1. The molecule has 1 atom stereocenters. The van der Waals surface area contributed by atoms with Crippen LogP contribution in [0.2, 0.25) is 0 Å². The molecule has 4 heteroatoms. The molecule has 0 aliphatic heterocycles. The van der Waals surface area contributed by atoms with Crippen LogP contribution < -0.4 is 0 Å². The van der Waals surface area contributed by atoms with E-state index in [0.717, 1.165) is 19.5 Å². The fourth-order valence-corrected chi connectivity index (χ4v) is 3.06. The van der Waals surface area contributed by atoms with Crippen molar-refractivity contribution in [1.29, 1.82) is 0 Å². The quantitative estimate of drug-likeness (QED) is 0.635. The molecule has 0 aromatic heterocycles. The van der Waals surface area contributed by atoms with Crippen molar-refractivity contribution in [2.45, 2.75) is 39.4 Å². The standard InChI is InChI=1S/C22H30N2O2/c1-18(2)15-21(22(25)23(3)26-4)24(16-19-11-7-5-8-12-19)17-20-13-9-6-10-14-20/h5-14,18,21H,15-17H2,1-4H3/t21-/m0/s1. The molecule has 0 bridgehead atoms. The molecule has 2 rings (SSSR count). The molecule has 0 unspecified atom stereocenters. The number of likely N-dealkylation sites (N-methyl/N-ethyl adjacent to an activating group) is 1. The number of hydroxylamine groups is 2. The van der Waals surface area contributed by atoms with E-state index in [9.17, 15) is 4.79 Å². The van der Waals surface area contributed by atoms with Crippen LogP contribution in [-0.2, 0) is 22.7 Å². The first-order chi connectivity index (χ1) is 12.5. The third-order valence-corrected chi connectivity index (χ3v) is 4.46. The second-order valence-electron chi connectivity index (χ2n) is 7.04. The molecule has 0 heterocycles. The minimum absolute atomic E-state index is 0.00642. The summed E-state index contributed by atoms with van der Waals surface area (Å²) >= 11 is 0. The largest absolute Gasteiger partial charge is 0.283 e. The van der Waals surface area contributed by atoms with Crippen molar-refractivity contribution in [2.24, 2.45) is 5.92 Å². The van der Waals surface area contributed by atoms with E-state index in [-0.39, 0.29) is 11.9 Å². The molecule has 140 valence electrons. The van der Waals surface area contributed by atoms with Gasteiger partial charge in [-0.1, -0.05) is 74.5 Å². The number of hydrogen-bond acceptors (Lipinski definition) is 3. The monoisotopic (exact) mass is 354 g/mol. The highest BCUT2D eigenvalue weighted by molar-refractivity contribution is 5.80. The predicted octanol–water partition coefficient (Wildman–Crippen LogP) is 4.12. The van der Waals surface area contributed by atoms with Crippen LogP contribution in [0.5, 0.6) is 0 Å². The molecule has 4 nitrogen and oxygen atoms in total. The zero-order valence-corrected chi connectivity index (χ0v) is 16.3. The average Bonchev–Trinajstić information content (AvgIpc) is 2.66. The maximum absolute atomic E-state index is 13.0. The van der Waals surface area contributed by atoms with Gasteiger partial charge in [0, 0.05) is 20.1 Å². The van der Waals surface area contributed by atoms with Gasteiger partial charge < -0.3 is 0 Å². The topological polar surface area (TPSA) is 32.8 Å². The molecule has 0 radical (unpaired) electrons. The molecular formula is C22H30N2O2. The summed E-state index contributed by atoms with van der Waals surface area (Å²) in [5.41, 5.74) is 2.40. The summed E-state index contributed by atoms with van der Waals surface area (Å²) in [7, 11) is 3.21. The number of hydrogen-bond donors (Lipinski definition) is 0. The normalized spacial score (nSPS) is 12.4. The zero-order chi connectivity index (χ0) is 18.9. The van der Waals surface area contributed by atoms with Gasteiger partial charge in [0.05, 0.1) is 13.2 Å². The molecule has 2 aromatic carbocycles. The summed E-state index contributed by atoms with van der Waals surface area (Å²) in [6.45, 7) is 5.74. The lowest BCUT2D eigenvalue weighted by Crippen LogP contribution is -2.47.